The van der Waals surface area contributed by atoms with Crippen LogP contribution in [-0.2, 0) is 10.0 Å². The maximum absolute atomic E-state index is 12.4. The van der Waals surface area contributed by atoms with E-state index in [9.17, 15) is 8.42 Å². The average Bonchev–Trinajstić information content (AvgIpc) is 2.42. The van der Waals surface area contributed by atoms with Crippen LogP contribution in [0.15, 0.2) is 21.5 Å². The lowest BCUT2D eigenvalue weighted by Crippen LogP contribution is -2.31. The zero-order valence-corrected chi connectivity index (χ0v) is 15.1. The van der Waals surface area contributed by atoms with Gasteiger partial charge in [0.2, 0.25) is 10.0 Å². The number of sulfonamides is 1. The minimum atomic E-state index is -3.61. The van der Waals surface area contributed by atoms with Gasteiger partial charge in [0.1, 0.15) is 0 Å². The summed E-state index contributed by atoms with van der Waals surface area (Å²) in [6.45, 7) is 2.71. The second kappa shape index (κ2) is 6.86. The topological polar surface area (TPSA) is 72.2 Å². The molecule has 0 spiro atoms. The Morgan fingerprint density at radius 3 is 2.57 bits per heavy atom. The van der Waals surface area contributed by atoms with Crippen LogP contribution in [0.3, 0.4) is 0 Å². The first-order valence-electron chi connectivity index (χ1n) is 7.04. The number of nitrogens with one attached hydrogen (secondary N) is 1. The highest BCUT2D eigenvalue weighted by molar-refractivity contribution is 9.10. The van der Waals surface area contributed by atoms with Gasteiger partial charge in [0, 0.05) is 17.3 Å². The van der Waals surface area contributed by atoms with Gasteiger partial charge in [-0.3, -0.25) is 0 Å². The third kappa shape index (κ3) is 4.34. The first-order valence-corrected chi connectivity index (χ1v) is 9.69. The van der Waals surface area contributed by atoms with Gasteiger partial charge < -0.3 is 5.73 Å². The van der Waals surface area contributed by atoms with Gasteiger partial charge in [0.25, 0.3) is 0 Å². The molecule has 0 bridgehead atoms. The Morgan fingerprint density at radius 1 is 1.33 bits per heavy atom. The van der Waals surface area contributed by atoms with E-state index in [1.54, 1.807) is 0 Å². The van der Waals surface area contributed by atoms with Gasteiger partial charge in [-0.15, -0.1) is 0 Å². The van der Waals surface area contributed by atoms with Gasteiger partial charge >= 0.3 is 0 Å². The standard InChI is InChI=1S/C14H20BrClN2O2S/c1-9-2-4-10(5-3-9)8-18-21(19,20)13-7-11(16)6-12(17)14(13)15/h6-7,9-10,18H,2-5,8,17H2,1H3. The zero-order chi connectivity index (χ0) is 15.6. The SMILES string of the molecule is CC1CCC(CNS(=O)(=O)c2cc(Cl)cc(N)c2Br)CC1. The Kier molecular flexibility index (Phi) is 5.57. The molecule has 0 unspecified atom stereocenters. The van der Waals surface area contributed by atoms with Crippen LogP contribution in [0.2, 0.25) is 5.02 Å². The van der Waals surface area contributed by atoms with Crippen LogP contribution in [0.1, 0.15) is 32.6 Å². The Morgan fingerprint density at radius 2 is 1.95 bits per heavy atom. The minimum absolute atomic E-state index is 0.0941. The number of hydrogen-bond donors (Lipinski definition) is 2. The minimum Gasteiger partial charge on any atom is -0.398 e. The van der Waals surface area contributed by atoms with Crippen LogP contribution < -0.4 is 10.5 Å². The maximum Gasteiger partial charge on any atom is 0.241 e. The number of nitrogen functional groups attached to an aromatic ring is 1. The summed E-state index contributed by atoms with van der Waals surface area (Å²) < 4.78 is 27.9. The molecule has 2 rings (SSSR count). The molecule has 0 radical (unpaired) electrons. The molecule has 1 fully saturated rings. The number of halogens is 2. The third-order valence-electron chi connectivity index (χ3n) is 4.02. The fraction of sp³-hybridized carbons (Fsp3) is 0.571. The van der Waals surface area contributed by atoms with Crippen molar-refractivity contribution in [3.8, 4) is 0 Å². The van der Waals surface area contributed by atoms with Crippen molar-refractivity contribution in [2.24, 2.45) is 11.8 Å². The summed E-state index contributed by atoms with van der Waals surface area (Å²) >= 11 is 9.12. The van der Waals surface area contributed by atoms with Crippen molar-refractivity contribution in [2.75, 3.05) is 12.3 Å². The van der Waals surface area contributed by atoms with E-state index in [1.807, 2.05) is 0 Å². The summed E-state index contributed by atoms with van der Waals surface area (Å²) in [6.07, 6.45) is 4.48. The van der Waals surface area contributed by atoms with Gasteiger partial charge in [-0.2, -0.15) is 0 Å². The van der Waals surface area contributed by atoms with E-state index in [-0.39, 0.29) is 4.90 Å². The Bertz CT molecular complexity index is 614. The molecule has 0 atom stereocenters. The van der Waals surface area contributed by atoms with Crippen LogP contribution in [0.5, 0.6) is 0 Å². The van der Waals surface area contributed by atoms with Gasteiger partial charge in [-0.1, -0.05) is 31.4 Å². The summed E-state index contributed by atoms with van der Waals surface area (Å²) in [7, 11) is -3.61. The van der Waals surface area contributed by atoms with E-state index >= 15 is 0 Å². The van der Waals surface area contributed by atoms with Crippen LogP contribution in [0, 0.1) is 11.8 Å². The molecule has 3 N–H and O–H groups in total. The fourth-order valence-electron chi connectivity index (χ4n) is 2.62. The predicted molar refractivity (Wildman–Crippen MR) is 89.9 cm³/mol. The van der Waals surface area contributed by atoms with Crippen molar-refractivity contribution in [2.45, 2.75) is 37.5 Å². The van der Waals surface area contributed by atoms with Crippen LogP contribution in [-0.4, -0.2) is 15.0 Å². The molecule has 1 aliphatic carbocycles. The van der Waals surface area contributed by atoms with Gasteiger partial charge in [0.15, 0.2) is 0 Å². The fourth-order valence-corrected chi connectivity index (χ4v) is 5.02. The highest BCUT2D eigenvalue weighted by Crippen LogP contribution is 2.32. The summed E-state index contributed by atoms with van der Waals surface area (Å²) in [4.78, 5) is 0.0941. The summed E-state index contributed by atoms with van der Waals surface area (Å²) in [5, 5.41) is 0.308. The molecule has 21 heavy (non-hydrogen) atoms. The van der Waals surface area contributed by atoms with E-state index in [1.165, 1.54) is 25.0 Å². The highest BCUT2D eigenvalue weighted by atomic mass is 79.9. The first kappa shape index (κ1) is 17.1. The highest BCUT2D eigenvalue weighted by Gasteiger charge is 2.23. The molecule has 118 valence electrons. The molecule has 1 aromatic carbocycles. The second-order valence-corrected chi connectivity index (χ2v) is 8.75. The Labute approximate surface area is 139 Å². The van der Waals surface area contributed by atoms with E-state index in [0.29, 0.717) is 27.6 Å². The molecule has 1 aliphatic rings. The number of hydrogen-bond acceptors (Lipinski definition) is 3. The van der Waals surface area contributed by atoms with E-state index in [4.69, 9.17) is 17.3 Å². The second-order valence-electron chi connectivity index (χ2n) is 5.78. The lowest BCUT2D eigenvalue weighted by Gasteiger charge is -2.26. The van der Waals surface area contributed by atoms with Crippen molar-refractivity contribution in [3.63, 3.8) is 0 Å². The largest absolute Gasteiger partial charge is 0.398 e. The number of rotatable bonds is 4. The summed E-state index contributed by atoms with van der Waals surface area (Å²) in [5.74, 6) is 1.16. The van der Waals surface area contributed by atoms with Gasteiger partial charge in [-0.25, -0.2) is 13.1 Å². The predicted octanol–water partition coefficient (Wildman–Crippen LogP) is 3.79. The number of nitrogens with two attached hydrogens (primary N) is 1. The number of anilines is 1. The molecule has 1 saturated carbocycles. The summed E-state index contributed by atoms with van der Waals surface area (Å²) in [6, 6.07) is 2.93. The van der Waals surface area contributed by atoms with Crippen LogP contribution in [0.25, 0.3) is 0 Å². The Hall–Kier alpha value is -0.300. The normalized spacial score (nSPS) is 23.2. The quantitative estimate of drug-likeness (QED) is 0.762. The molecule has 7 heteroatoms. The summed E-state index contributed by atoms with van der Waals surface area (Å²) in [5.41, 5.74) is 6.06. The van der Waals surface area contributed by atoms with E-state index in [0.717, 1.165) is 18.8 Å². The molecule has 1 aromatic rings. The Balaban J connectivity index is 2.09. The number of benzene rings is 1. The van der Waals surface area contributed by atoms with E-state index in [2.05, 4.69) is 27.6 Å². The zero-order valence-electron chi connectivity index (χ0n) is 11.9. The first-order chi connectivity index (χ1) is 9.79. The molecule has 0 aliphatic heterocycles. The van der Waals surface area contributed by atoms with Crippen molar-refractivity contribution < 1.29 is 8.42 Å². The molecule has 4 nitrogen and oxygen atoms in total. The van der Waals surface area contributed by atoms with Crippen LogP contribution in [0.4, 0.5) is 5.69 Å². The maximum atomic E-state index is 12.4. The molecule has 0 aromatic heterocycles. The molecule has 0 heterocycles. The molecule has 0 amide bonds. The lowest BCUT2D eigenvalue weighted by atomic mass is 9.83. The molecule has 0 saturated heterocycles. The van der Waals surface area contributed by atoms with Gasteiger partial charge in [-0.05, 0) is 52.7 Å². The van der Waals surface area contributed by atoms with Crippen molar-refractivity contribution >= 4 is 43.2 Å². The van der Waals surface area contributed by atoms with Crippen molar-refractivity contribution in [1.29, 1.82) is 0 Å². The lowest BCUT2D eigenvalue weighted by molar-refractivity contribution is 0.290. The van der Waals surface area contributed by atoms with Gasteiger partial charge in [0.05, 0.1) is 9.37 Å². The van der Waals surface area contributed by atoms with Crippen LogP contribution >= 0.6 is 27.5 Å². The van der Waals surface area contributed by atoms with Crippen molar-refractivity contribution in [3.05, 3.63) is 21.6 Å². The van der Waals surface area contributed by atoms with Crippen molar-refractivity contribution in [1.82, 2.24) is 4.72 Å². The molecular formula is C14H20BrClN2O2S. The molecular weight excluding hydrogens is 376 g/mol. The monoisotopic (exact) mass is 394 g/mol. The average molecular weight is 396 g/mol. The smallest absolute Gasteiger partial charge is 0.241 e. The third-order valence-corrected chi connectivity index (χ3v) is 6.83. The van der Waals surface area contributed by atoms with E-state index < -0.39 is 10.0 Å².